The summed E-state index contributed by atoms with van der Waals surface area (Å²) in [6, 6.07) is 17.0. The third-order valence-electron chi connectivity index (χ3n) is 4.83. The molecule has 3 aromatic carbocycles. The molecule has 3 aromatic rings. The van der Waals surface area contributed by atoms with Crippen LogP contribution in [0, 0.1) is 0 Å². The second-order valence-corrected chi connectivity index (χ2v) is 7.09. The zero-order valence-electron chi connectivity index (χ0n) is 19.6. The number of rotatable bonds is 10. The van der Waals surface area contributed by atoms with Gasteiger partial charge >= 0.3 is 0 Å². The molecule has 34 heavy (non-hydrogen) atoms. The maximum absolute atomic E-state index is 13.0. The van der Waals surface area contributed by atoms with Gasteiger partial charge < -0.3 is 29.6 Å². The molecular weight excluding hydrogens is 436 g/mol. The van der Waals surface area contributed by atoms with E-state index in [1.807, 2.05) is 19.9 Å². The van der Waals surface area contributed by atoms with Crippen molar-refractivity contribution in [3.63, 3.8) is 0 Å². The molecule has 0 bridgehead atoms. The quantitative estimate of drug-likeness (QED) is 0.438. The number of anilines is 2. The zero-order chi connectivity index (χ0) is 24.5. The lowest BCUT2D eigenvalue weighted by molar-refractivity contribution is 0.101. The fraction of sp³-hybridized carbons (Fsp3) is 0.231. The van der Waals surface area contributed by atoms with Gasteiger partial charge in [0.2, 0.25) is 0 Å². The molecule has 178 valence electrons. The Bertz CT molecular complexity index is 1130. The molecule has 2 amide bonds. The summed E-state index contributed by atoms with van der Waals surface area (Å²) >= 11 is 0. The van der Waals surface area contributed by atoms with Gasteiger partial charge in [0.15, 0.2) is 0 Å². The second-order valence-electron chi connectivity index (χ2n) is 7.09. The first-order valence-corrected chi connectivity index (χ1v) is 10.8. The molecule has 0 spiro atoms. The van der Waals surface area contributed by atoms with Crippen molar-refractivity contribution >= 4 is 23.2 Å². The van der Waals surface area contributed by atoms with E-state index in [0.29, 0.717) is 58.7 Å². The summed E-state index contributed by atoms with van der Waals surface area (Å²) in [5, 5.41) is 5.72. The van der Waals surface area contributed by atoms with Crippen LogP contribution in [0.4, 0.5) is 11.4 Å². The Hall–Kier alpha value is -4.20. The smallest absolute Gasteiger partial charge is 0.256 e. The lowest BCUT2D eigenvalue weighted by atomic mass is 10.1. The summed E-state index contributed by atoms with van der Waals surface area (Å²) in [6.45, 7) is 4.38. The molecule has 0 aromatic heterocycles. The van der Waals surface area contributed by atoms with E-state index < -0.39 is 0 Å². The van der Waals surface area contributed by atoms with Gasteiger partial charge in [0.25, 0.3) is 11.8 Å². The maximum atomic E-state index is 13.0. The van der Waals surface area contributed by atoms with Gasteiger partial charge in [-0.2, -0.15) is 0 Å². The zero-order valence-corrected chi connectivity index (χ0v) is 19.6. The highest BCUT2D eigenvalue weighted by molar-refractivity contribution is 6.07. The molecular formula is C26H28N2O6. The average Bonchev–Trinajstić information content (AvgIpc) is 2.86. The summed E-state index contributed by atoms with van der Waals surface area (Å²) in [5.41, 5.74) is 1.68. The molecule has 0 unspecified atom stereocenters. The van der Waals surface area contributed by atoms with Gasteiger partial charge in [0, 0.05) is 29.3 Å². The van der Waals surface area contributed by atoms with Crippen LogP contribution < -0.4 is 29.6 Å². The van der Waals surface area contributed by atoms with Crippen LogP contribution in [0.5, 0.6) is 23.0 Å². The highest BCUT2D eigenvalue weighted by Gasteiger charge is 2.18. The number of nitrogens with one attached hydrogen (secondary N) is 2. The van der Waals surface area contributed by atoms with E-state index in [1.54, 1.807) is 54.6 Å². The van der Waals surface area contributed by atoms with E-state index in [0.717, 1.165) is 0 Å². The first-order valence-electron chi connectivity index (χ1n) is 10.8. The minimum absolute atomic E-state index is 0.288. The average molecular weight is 465 g/mol. The Kier molecular flexibility index (Phi) is 8.34. The van der Waals surface area contributed by atoms with Gasteiger partial charge in [-0.25, -0.2) is 0 Å². The minimum atomic E-state index is -0.387. The molecule has 0 fully saturated rings. The fourth-order valence-electron chi connectivity index (χ4n) is 3.22. The SMILES string of the molecule is CCOc1cc(NC(=O)c2cc(OC)cc(OC)c2)c(OCC)cc1NC(=O)c1ccccc1. The Morgan fingerprint density at radius 2 is 1.15 bits per heavy atom. The maximum Gasteiger partial charge on any atom is 0.256 e. The van der Waals surface area contributed by atoms with E-state index in [-0.39, 0.29) is 11.8 Å². The van der Waals surface area contributed by atoms with Crippen molar-refractivity contribution in [1.82, 2.24) is 0 Å². The summed E-state index contributed by atoms with van der Waals surface area (Å²) in [4.78, 5) is 25.7. The van der Waals surface area contributed by atoms with E-state index in [4.69, 9.17) is 18.9 Å². The molecule has 0 saturated heterocycles. The number of benzene rings is 3. The number of hydrogen-bond acceptors (Lipinski definition) is 6. The number of carbonyl (C=O) groups excluding carboxylic acids is 2. The number of carbonyl (C=O) groups is 2. The van der Waals surface area contributed by atoms with Crippen LogP contribution >= 0.6 is 0 Å². The van der Waals surface area contributed by atoms with Crippen LogP contribution in [0.1, 0.15) is 34.6 Å². The Balaban J connectivity index is 1.95. The molecule has 2 N–H and O–H groups in total. The van der Waals surface area contributed by atoms with E-state index in [1.165, 1.54) is 14.2 Å². The molecule has 0 aliphatic heterocycles. The van der Waals surface area contributed by atoms with Crippen LogP contribution in [0.15, 0.2) is 60.7 Å². The van der Waals surface area contributed by atoms with Crippen molar-refractivity contribution in [2.24, 2.45) is 0 Å². The second kappa shape index (κ2) is 11.6. The summed E-state index contributed by atoms with van der Waals surface area (Å²) in [5.74, 6) is 1.09. The van der Waals surface area contributed by atoms with E-state index in [2.05, 4.69) is 10.6 Å². The highest BCUT2D eigenvalue weighted by Crippen LogP contribution is 2.37. The molecule has 0 aliphatic rings. The Morgan fingerprint density at radius 1 is 0.676 bits per heavy atom. The van der Waals surface area contributed by atoms with Gasteiger partial charge in [-0.05, 0) is 38.1 Å². The largest absolute Gasteiger partial charge is 0.497 e. The molecule has 0 atom stereocenters. The third-order valence-corrected chi connectivity index (χ3v) is 4.83. The molecule has 0 radical (unpaired) electrons. The van der Waals surface area contributed by atoms with E-state index >= 15 is 0 Å². The van der Waals surface area contributed by atoms with Crippen molar-refractivity contribution < 1.29 is 28.5 Å². The number of ether oxygens (including phenoxy) is 4. The predicted octanol–water partition coefficient (Wildman–Crippen LogP) is 5.01. The van der Waals surface area contributed by atoms with Gasteiger partial charge in [0.1, 0.15) is 23.0 Å². The van der Waals surface area contributed by atoms with Gasteiger partial charge in [-0.3, -0.25) is 9.59 Å². The van der Waals surface area contributed by atoms with Crippen LogP contribution in [0.3, 0.4) is 0 Å². The Morgan fingerprint density at radius 3 is 1.59 bits per heavy atom. The molecule has 8 nitrogen and oxygen atoms in total. The predicted molar refractivity (Wildman–Crippen MR) is 131 cm³/mol. The molecule has 0 aliphatic carbocycles. The monoisotopic (exact) mass is 464 g/mol. The highest BCUT2D eigenvalue weighted by atomic mass is 16.5. The fourth-order valence-corrected chi connectivity index (χ4v) is 3.22. The van der Waals surface area contributed by atoms with Crippen LogP contribution in [-0.2, 0) is 0 Å². The number of amides is 2. The van der Waals surface area contributed by atoms with Gasteiger partial charge in [-0.15, -0.1) is 0 Å². The van der Waals surface area contributed by atoms with Crippen molar-refractivity contribution in [2.45, 2.75) is 13.8 Å². The third kappa shape index (κ3) is 5.98. The van der Waals surface area contributed by atoms with Crippen molar-refractivity contribution in [3.8, 4) is 23.0 Å². The van der Waals surface area contributed by atoms with Crippen LogP contribution in [0.2, 0.25) is 0 Å². The van der Waals surface area contributed by atoms with Crippen molar-refractivity contribution in [2.75, 3.05) is 38.1 Å². The minimum Gasteiger partial charge on any atom is -0.497 e. The number of hydrogen-bond donors (Lipinski definition) is 2. The molecule has 3 rings (SSSR count). The summed E-state index contributed by atoms with van der Waals surface area (Å²) in [7, 11) is 3.03. The summed E-state index contributed by atoms with van der Waals surface area (Å²) < 4.78 is 22.0. The van der Waals surface area contributed by atoms with Crippen LogP contribution in [0.25, 0.3) is 0 Å². The van der Waals surface area contributed by atoms with Crippen LogP contribution in [-0.4, -0.2) is 39.2 Å². The Labute approximate surface area is 198 Å². The van der Waals surface area contributed by atoms with Crippen molar-refractivity contribution in [3.05, 3.63) is 71.8 Å². The van der Waals surface area contributed by atoms with Gasteiger partial charge in [0.05, 0.1) is 38.8 Å². The normalized spacial score (nSPS) is 10.2. The molecule has 8 heteroatoms. The van der Waals surface area contributed by atoms with Gasteiger partial charge in [-0.1, -0.05) is 18.2 Å². The lowest BCUT2D eigenvalue weighted by Crippen LogP contribution is -2.16. The molecule has 0 saturated carbocycles. The topological polar surface area (TPSA) is 95.1 Å². The lowest BCUT2D eigenvalue weighted by Gasteiger charge is -2.18. The standard InChI is InChI=1S/C26H28N2O6/c1-5-33-23-16-22(28-26(30)18-12-19(31-3)14-20(13-18)32-4)24(34-6-2)15-21(23)27-25(29)17-10-8-7-9-11-17/h7-16H,5-6H2,1-4H3,(H,27,29)(H,28,30). The molecule has 0 heterocycles. The first kappa shape index (κ1) is 24.4. The van der Waals surface area contributed by atoms with E-state index in [9.17, 15) is 9.59 Å². The first-order chi connectivity index (χ1) is 16.5. The number of methoxy groups -OCH3 is 2. The summed E-state index contributed by atoms with van der Waals surface area (Å²) in [6.07, 6.45) is 0. The van der Waals surface area contributed by atoms with Crippen molar-refractivity contribution in [1.29, 1.82) is 0 Å².